The van der Waals surface area contributed by atoms with E-state index in [2.05, 4.69) is 10.8 Å². The van der Waals surface area contributed by atoms with Crippen molar-refractivity contribution in [2.75, 3.05) is 7.11 Å². The van der Waals surface area contributed by atoms with Gasteiger partial charge in [0.2, 0.25) is 5.97 Å². The van der Waals surface area contributed by atoms with Crippen LogP contribution in [0.25, 0.3) is 0 Å². The average Bonchev–Trinajstić information content (AvgIpc) is 2.51. The zero-order valence-electron chi connectivity index (χ0n) is 8.00. The number of hydrogen-bond donors (Lipinski definition) is 0. The van der Waals surface area contributed by atoms with Gasteiger partial charge < -0.3 is 51.6 Å². The van der Waals surface area contributed by atoms with Gasteiger partial charge in [-0.05, 0) is 6.42 Å². The molecule has 0 spiro atoms. The van der Waals surface area contributed by atoms with Crippen molar-refractivity contribution in [1.29, 1.82) is 0 Å². The van der Waals surface area contributed by atoms with E-state index in [1.54, 1.807) is 0 Å². The largest absolute Gasteiger partial charge is 4.00 e. The van der Waals surface area contributed by atoms with Gasteiger partial charge in [-0.3, -0.25) is 0 Å². The van der Waals surface area contributed by atoms with Crippen molar-refractivity contribution < 1.29 is 82.4 Å². The van der Waals surface area contributed by atoms with Gasteiger partial charge in [0.15, 0.2) is 0 Å². The van der Waals surface area contributed by atoms with Crippen molar-refractivity contribution in [3.63, 3.8) is 0 Å². The standard InChI is InChI=1S/C7H6O4P.3ClH.Zr/c1-11-7(8)5-2-3-6(4-5)12(9)10;;;;/h2H,3H2,1H3;3*1H;/q-1;;;;+4/p-3. The van der Waals surface area contributed by atoms with Gasteiger partial charge in [-0.1, -0.05) is 4.57 Å². The molecule has 0 N–H and O–H groups in total. The molecule has 4 nitrogen and oxygen atoms in total. The normalized spacial score (nSPS) is 12.5. The first-order valence-electron chi connectivity index (χ1n) is 3.21. The van der Waals surface area contributed by atoms with E-state index in [0.29, 0.717) is 0 Å². The predicted molar refractivity (Wildman–Crippen MR) is 39.1 cm³/mol. The molecular formula is C7H6Cl3O4PZr. The summed E-state index contributed by atoms with van der Waals surface area (Å²) in [5, 5.41) is 0.130. The molecule has 0 aromatic rings. The predicted octanol–water partition coefficient (Wildman–Crippen LogP) is -8.71. The number of carbonyl (C=O) groups excluding carboxylic acids is 1. The number of ether oxygens (including phenoxy) is 1. The molecule has 0 amide bonds. The van der Waals surface area contributed by atoms with Gasteiger partial charge in [-0.25, -0.2) is 0 Å². The van der Waals surface area contributed by atoms with Gasteiger partial charge in [0.1, 0.15) is 5.31 Å². The van der Waals surface area contributed by atoms with Gasteiger partial charge in [0.25, 0.3) is 0 Å². The molecule has 16 heavy (non-hydrogen) atoms. The second kappa shape index (κ2) is 12.2. The summed E-state index contributed by atoms with van der Waals surface area (Å²) in [6, 6.07) is 0. The SMILES string of the molecule is COC(=O)C1=CCC([P+](=O)[O-])=[C-]1.[Cl-].[Cl-].[Cl-].[Zr+4]. The van der Waals surface area contributed by atoms with Crippen LogP contribution in [0.2, 0.25) is 0 Å². The molecule has 1 unspecified atom stereocenters. The van der Waals surface area contributed by atoms with Gasteiger partial charge in [0.05, 0.1) is 7.11 Å². The van der Waals surface area contributed by atoms with E-state index in [1.165, 1.54) is 13.2 Å². The molecule has 0 aromatic carbocycles. The Hall–Kier alpha value is 0.763. The molecular weight excluding hydrogens is 377 g/mol. The zero-order valence-corrected chi connectivity index (χ0v) is 13.6. The van der Waals surface area contributed by atoms with E-state index in [1.807, 2.05) is 0 Å². The van der Waals surface area contributed by atoms with Crippen molar-refractivity contribution >= 4 is 14.0 Å². The summed E-state index contributed by atoms with van der Waals surface area (Å²) in [7, 11) is -1.38. The van der Waals surface area contributed by atoms with E-state index in [4.69, 9.17) is 0 Å². The maximum Gasteiger partial charge on any atom is 4.00 e. The van der Waals surface area contributed by atoms with Crippen molar-refractivity contribution in [3.05, 3.63) is 23.0 Å². The second-order valence-corrected chi connectivity index (χ2v) is 3.20. The summed E-state index contributed by atoms with van der Waals surface area (Å²) in [6.45, 7) is 0. The van der Waals surface area contributed by atoms with Crippen LogP contribution in [-0.4, -0.2) is 13.1 Å². The summed E-state index contributed by atoms with van der Waals surface area (Å²) >= 11 is 0. The van der Waals surface area contributed by atoms with Gasteiger partial charge in [-0.15, -0.1) is 11.6 Å². The molecule has 0 saturated carbocycles. The molecule has 0 heterocycles. The fourth-order valence-electron chi connectivity index (χ4n) is 0.821. The van der Waals surface area contributed by atoms with E-state index in [-0.39, 0.29) is 80.7 Å². The van der Waals surface area contributed by atoms with E-state index >= 15 is 0 Å². The first-order chi connectivity index (χ1) is 5.65. The second-order valence-electron chi connectivity index (χ2n) is 2.14. The third kappa shape index (κ3) is 7.16. The molecule has 1 aliphatic rings. The number of carbonyl (C=O) groups is 1. The third-order valence-corrected chi connectivity index (χ3v) is 2.14. The molecule has 0 aromatic heterocycles. The molecule has 1 aliphatic carbocycles. The van der Waals surface area contributed by atoms with Gasteiger partial charge in [0, 0.05) is 0 Å². The van der Waals surface area contributed by atoms with Crippen LogP contribution < -0.4 is 42.1 Å². The van der Waals surface area contributed by atoms with Crippen molar-refractivity contribution in [2.24, 2.45) is 0 Å². The fourth-order valence-corrected chi connectivity index (χ4v) is 1.27. The smallest absolute Gasteiger partial charge is 1.00 e. The molecule has 0 fully saturated rings. The van der Waals surface area contributed by atoms with E-state index in [0.717, 1.165) is 0 Å². The van der Waals surface area contributed by atoms with Crippen LogP contribution >= 0.6 is 8.03 Å². The number of allylic oxidation sites excluding steroid dienone is 2. The average molecular weight is 383 g/mol. The number of hydrogen-bond acceptors (Lipinski definition) is 4. The maximum atomic E-state index is 10.8. The summed E-state index contributed by atoms with van der Waals surface area (Å²) in [6.07, 6.45) is 4.17. The maximum absolute atomic E-state index is 10.8. The van der Waals surface area contributed by atoms with Crippen molar-refractivity contribution in [2.45, 2.75) is 6.42 Å². The minimum atomic E-state index is -2.61. The Morgan fingerprint density at radius 3 is 2.31 bits per heavy atom. The molecule has 0 radical (unpaired) electrons. The third-order valence-electron chi connectivity index (χ3n) is 1.40. The molecule has 88 valence electrons. The molecule has 1 atom stereocenters. The summed E-state index contributed by atoms with van der Waals surface area (Å²) in [5.74, 6) is -0.554. The summed E-state index contributed by atoms with van der Waals surface area (Å²) < 4.78 is 14.8. The minimum Gasteiger partial charge on any atom is -1.00 e. The number of halogens is 3. The summed E-state index contributed by atoms with van der Waals surface area (Å²) in [4.78, 5) is 21.2. The number of rotatable bonds is 2. The Balaban J connectivity index is -0.000000180. The van der Waals surface area contributed by atoms with E-state index < -0.39 is 14.0 Å². The Morgan fingerprint density at radius 2 is 2.00 bits per heavy atom. The number of methoxy groups -OCH3 is 1. The quantitative estimate of drug-likeness (QED) is 0.270. The van der Waals surface area contributed by atoms with Crippen LogP contribution in [0.3, 0.4) is 0 Å². The zero-order chi connectivity index (χ0) is 9.14. The van der Waals surface area contributed by atoms with Crippen molar-refractivity contribution in [3.8, 4) is 0 Å². The van der Waals surface area contributed by atoms with Gasteiger partial charge in [-0.2, -0.15) is 6.08 Å². The molecule has 0 saturated heterocycles. The van der Waals surface area contributed by atoms with Crippen LogP contribution in [0, 0.1) is 6.08 Å². The van der Waals surface area contributed by atoms with Crippen LogP contribution in [0.1, 0.15) is 6.42 Å². The molecule has 0 bridgehead atoms. The van der Waals surface area contributed by atoms with Crippen LogP contribution in [0.15, 0.2) is 17.0 Å². The Kier molecular flexibility index (Phi) is 19.5. The monoisotopic (exact) mass is 380 g/mol. The fraction of sp³-hybridized carbons (Fsp3) is 0.286. The van der Waals surface area contributed by atoms with Crippen LogP contribution in [0.4, 0.5) is 0 Å². The van der Waals surface area contributed by atoms with E-state index in [9.17, 15) is 14.3 Å². The Morgan fingerprint density at radius 1 is 1.50 bits per heavy atom. The molecule has 1 rings (SSSR count). The first kappa shape index (κ1) is 25.6. The molecule has 9 heteroatoms. The number of esters is 1. The first-order valence-corrected chi connectivity index (χ1v) is 4.38. The van der Waals surface area contributed by atoms with Gasteiger partial charge >= 0.3 is 34.2 Å². The Bertz CT molecular complexity index is 306. The topological polar surface area (TPSA) is 66.4 Å². The van der Waals surface area contributed by atoms with Crippen molar-refractivity contribution in [1.82, 2.24) is 0 Å². The Labute approximate surface area is 132 Å². The van der Waals surface area contributed by atoms with Crippen LogP contribution in [-0.2, 0) is 40.3 Å². The van der Waals surface area contributed by atoms with Crippen LogP contribution in [0.5, 0.6) is 0 Å². The molecule has 0 aliphatic heterocycles. The minimum absolute atomic E-state index is 0. The summed E-state index contributed by atoms with van der Waals surface area (Å²) in [5.41, 5.74) is 0.187.